The van der Waals surface area contributed by atoms with E-state index < -0.39 is 17.1 Å². The Hall–Kier alpha value is -3.12. The second kappa shape index (κ2) is 8.71. The van der Waals surface area contributed by atoms with Crippen molar-refractivity contribution < 1.29 is 5.11 Å². The number of aromatic amines is 1. The Kier molecular flexibility index (Phi) is 6.11. The van der Waals surface area contributed by atoms with Crippen LogP contribution in [0.25, 0.3) is 5.69 Å². The summed E-state index contributed by atoms with van der Waals surface area (Å²) in [4.78, 5) is 31.5. The van der Waals surface area contributed by atoms with Crippen molar-refractivity contribution in [2.45, 2.75) is 19.8 Å². The lowest BCUT2D eigenvalue weighted by atomic mass is 10.1. The van der Waals surface area contributed by atoms with Gasteiger partial charge in [-0.2, -0.15) is 0 Å². The van der Waals surface area contributed by atoms with E-state index in [9.17, 15) is 14.7 Å². The van der Waals surface area contributed by atoms with E-state index in [1.807, 2.05) is 37.3 Å². The Bertz CT molecular complexity index is 1100. The summed E-state index contributed by atoms with van der Waals surface area (Å²) in [5.74, 6) is -0.434. The minimum absolute atomic E-state index is 0.00473. The van der Waals surface area contributed by atoms with E-state index in [1.165, 1.54) is 0 Å². The highest BCUT2D eigenvalue weighted by molar-refractivity contribution is 6.30. The molecule has 0 aliphatic carbocycles. The Morgan fingerprint density at radius 3 is 2.43 bits per heavy atom. The highest BCUT2D eigenvalue weighted by atomic mass is 35.5. The fourth-order valence-corrected chi connectivity index (χ4v) is 3.07. The molecular formula is C21H20ClN3O3. The summed E-state index contributed by atoms with van der Waals surface area (Å²) in [6.07, 6.45) is 1.14. The largest absolute Gasteiger partial charge is 0.493 e. The molecule has 144 valence electrons. The van der Waals surface area contributed by atoms with Gasteiger partial charge in [0, 0.05) is 11.6 Å². The lowest BCUT2D eigenvalue weighted by Crippen LogP contribution is -2.33. The van der Waals surface area contributed by atoms with Crippen LogP contribution in [-0.4, -0.2) is 26.9 Å². The maximum Gasteiger partial charge on any atom is 0.335 e. The minimum Gasteiger partial charge on any atom is -0.493 e. The average molecular weight is 398 g/mol. The summed E-state index contributed by atoms with van der Waals surface area (Å²) in [5.41, 5.74) is 0.582. The smallest absolute Gasteiger partial charge is 0.335 e. The zero-order valence-electron chi connectivity index (χ0n) is 15.4. The molecule has 3 aromatic rings. The van der Waals surface area contributed by atoms with Crippen LogP contribution in [0.1, 0.15) is 24.5 Å². The molecule has 1 aromatic heterocycles. The maximum atomic E-state index is 12.4. The molecule has 0 radical (unpaired) electrons. The average Bonchev–Trinajstić information content (AvgIpc) is 2.68. The molecular weight excluding hydrogens is 378 g/mol. The number of hydrogen-bond acceptors (Lipinski definition) is 4. The normalized spacial score (nSPS) is 11.6. The molecule has 0 aliphatic heterocycles. The van der Waals surface area contributed by atoms with Crippen molar-refractivity contribution in [1.82, 2.24) is 9.55 Å². The lowest BCUT2D eigenvalue weighted by molar-refractivity contribution is 0.429. The number of H-pyrrole nitrogens is 1. The summed E-state index contributed by atoms with van der Waals surface area (Å²) in [5, 5.41) is 11.2. The number of rotatable bonds is 6. The van der Waals surface area contributed by atoms with E-state index >= 15 is 0 Å². The Balaban J connectivity index is 2.00. The zero-order valence-corrected chi connectivity index (χ0v) is 16.1. The van der Waals surface area contributed by atoms with Gasteiger partial charge in [0.25, 0.3) is 5.56 Å². The summed E-state index contributed by atoms with van der Waals surface area (Å²) in [6, 6.07) is 16.2. The highest BCUT2D eigenvalue weighted by Gasteiger charge is 2.19. The minimum atomic E-state index is -0.728. The van der Waals surface area contributed by atoms with E-state index in [4.69, 9.17) is 11.6 Å². The summed E-state index contributed by atoms with van der Waals surface area (Å²) >= 11 is 5.89. The molecule has 0 spiro atoms. The van der Waals surface area contributed by atoms with Gasteiger partial charge in [-0.25, -0.2) is 9.36 Å². The molecule has 3 rings (SSSR count). The standard InChI is InChI=1S/C21H20ClN3O3/c1-2-17(23-13-12-14-6-4-3-5-7-14)18-19(26)24-21(28)25(20(18)27)16-10-8-15(22)9-11-16/h3-11,27H,2,12-13H2,1H3,(H,24,26,28). The first-order chi connectivity index (χ1) is 13.5. The van der Waals surface area contributed by atoms with Gasteiger partial charge >= 0.3 is 5.69 Å². The van der Waals surface area contributed by atoms with Crippen LogP contribution in [0.2, 0.25) is 5.02 Å². The Morgan fingerprint density at radius 1 is 1.11 bits per heavy atom. The van der Waals surface area contributed by atoms with Crippen molar-refractivity contribution in [3.63, 3.8) is 0 Å². The number of benzene rings is 2. The van der Waals surface area contributed by atoms with Gasteiger partial charge in [0.1, 0.15) is 5.56 Å². The number of aliphatic imine (C=N–C) groups is 1. The highest BCUT2D eigenvalue weighted by Crippen LogP contribution is 2.20. The van der Waals surface area contributed by atoms with Crippen LogP contribution >= 0.6 is 11.6 Å². The van der Waals surface area contributed by atoms with Crippen molar-refractivity contribution in [3.05, 3.63) is 91.6 Å². The first kappa shape index (κ1) is 19.6. The fraction of sp³-hybridized carbons (Fsp3) is 0.190. The molecule has 0 amide bonds. The van der Waals surface area contributed by atoms with Gasteiger partial charge < -0.3 is 5.11 Å². The molecule has 2 N–H and O–H groups in total. The van der Waals surface area contributed by atoms with Gasteiger partial charge in [-0.1, -0.05) is 48.9 Å². The van der Waals surface area contributed by atoms with Crippen LogP contribution in [0.4, 0.5) is 0 Å². The van der Waals surface area contributed by atoms with E-state index in [0.29, 0.717) is 35.8 Å². The van der Waals surface area contributed by atoms with E-state index in [1.54, 1.807) is 24.3 Å². The first-order valence-corrected chi connectivity index (χ1v) is 9.31. The Labute approximate surface area is 166 Å². The van der Waals surface area contributed by atoms with Gasteiger partial charge in [0.2, 0.25) is 5.88 Å². The molecule has 6 nitrogen and oxygen atoms in total. The summed E-state index contributed by atoms with van der Waals surface area (Å²) in [6.45, 7) is 2.31. The third-order valence-electron chi connectivity index (χ3n) is 4.34. The van der Waals surface area contributed by atoms with Crippen LogP contribution in [0, 0.1) is 0 Å². The van der Waals surface area contributed by atoms with Crippen molar-refractivity contribution in [3.8, 4) is 11.6 Å². The molecule has 0 saturated carbocycles. The fourth-order valence-electron chi connectivity index (χ4n) is 2.95. The predicted molar refractivity (Wildman–Crippen MR) is 111 cm³/mol. The van der Waals surface area contributed by atoms with Crippen LogP contribution < -0.4 is 11.2 Å². The van der Waals surface area contributed by atoms with Gasteiger partial charge in [-0.3, -0.25) is 14.8 Å². The van der Waals surface area contributed by atoms with Crippen LogP contribution in [0.15, 0.2) is 69.2 Å². The molecule has 0 saturated heterocycles. The molecule has 28 heavy (non-hydrogen) atoms. The van der Waals surface area contributed by atoms with Crippen molar-refractivity contribution >= 4 is 17.3 Å². The summed E-state index contributed by atoms with van der Waals surface area (Å²) < 4.78 is 1.04. The van der Waals surface area contributed by atoms with Gasteiger partial charge in [0.05, 0.1) is 11.4 Å². The third kappa shape index (κ3) is 4.23. The lowest BCUT2D eigenvalue weighted by Gasteiger charge is -2.12. The molecule has 2 aromatic carbocycles. The predicted octanol–water partition coefficient (Wildman–Crippen LogP) is 3.33. The number of hydrogen-bond donors (Lipinski definition) is 2. The molecule has 1 heterocycles. The third-order valence-corrected chi connectivity index (χ3v) is 4.59. The van der Waals surface area contributed by atoms with Crippen LogP contribution in [-0.2, 0) is 6.42 Å². The van der Waals surface area contributed by atoms with E-state index in [-0.39, 0.29) is 5.56 Å². The molecule has 0 fully saturated rings. The Morgan fingerprint density at radius 2 is 1.79 bits per heavy atom. The summed E-state index contributed by atoms with van der Waals surface area (Å²) in [7, 11) is 0. The number of nitrogens with zero attached hydrogens (tertiary/aromatic N) is 2. The quantitative estimate of drug-likeness (QED) is 0.625. The molecule has 7 heteroatoms. The van der Waals surface area contributed by atoms with Crippen LogP contribution in [0.3, 0.4) is 0 Å². The van der Waals surface area contributed by atoms with Gasteiger partial charge in [-0.05, 0) is 42.7 Å². The van der Waals surface area contributed by atoms with E-state index in [2.05, 4.69) is 9.98 Å². The number of aromatic nitrogens is 2. The monoisotopic (exact) mass is 397 g/mol. The van der Waals surface area contributed by atoms with Gasteiger partial charge in [-0.15, -0.1) is 0 Å². The zero-order chi connectivity index (χ0) is 20.1. The number of aromatic hydroxyl groups is 1. The first-order valence-electron chi connectivity index (χ1n) is 8.93. The van der Waals surface area contributed by atoms with Crippen molar-refractivity contribution in [2.75, 3.05) is 6.54 Å². The van der Waals surface area contributed by atoms with Gasteiger partial charge in [0.15, 0.2) is 0 Å². The molecule has 0 aliphatic rings. The van der Waals surface area contributed by atoms with Crippen LogP contribution in [0.5, 0.6) is 5.88 Å². The SMILES string of the molecule is CCC(=NCCc1ccccc1)c1c(O)n(-c2ccc(Cl)cc2)c(=O)[nH]c1=O. The number of nitrogens with one attached hydrogen (secondary N) is 1. The molecule has 0 unspecified atom stereocenters. The topological polar surface area (TPSA) is 87.4 Å². The second-order valence-corrected chi connectivity index (χ2v) is 6.62. The van der Waals surface area contributed by atoms with Crippen molar-refractivity contribution in [1.29, 1.82) is 0 Å². The molecule has 0 atom stereocenters. The molecule has 0 bridgehead atoms. The maximum absolute atomic E-state index is 12.4. The number of halogens is 1. The second-order valence-electron chi connectivity index (χ2n) is 6.19. The van der Waals surface area contributed by atoms with E-state index in [0.717, 1.165) is 10.1 Å². The van der Waals surface area contributed by atoms with Crippen molar-refractivity contribution in [2.24, 2.45) is 4.99 Å².